The second-order valence-corrected chi connectivity index (χ2v) is 10.2. The van der Waals surface area contributed by atoms with Gasteiger partial charge in [-0.2, -0.15) is 0 Å². The van der Waals surface area contributed by atoms with E-state index in [-0.39, 0.29) is 18.0 Å². The molecule has 0 aliphatic carbocycles. The molecule has 1 aliphatic heterocycles. The first-order valence-electron chi connectivity index (χ1n) is 13.7. The minimum Gasteiger partial charge on any atom is -0.345 e. The average Bonchev–Trinajstić information content (AvgIpc) is 3.66. The summed E-state index contributed by atoms with van der Waals surface area (Å²) >= 11 is 0. The molecule has 0 saturated heterocycles. The summed E-state index contributed by atoms with van der Waals surface area (Å²) in [5.74, 6) is -3.78. The van der Waals surface area contributed by atoms with Crippen molar-refractivity contribution in [1.82, 2.24) is 19.9 Å². The molecule has 1 unspecified atom stereocenters. The topological polar surface area (TPSA) is 138 Å². The number of anilines is 2. The van der Waals surface area contributed by atoms with Gasteiger partial charge in [-0.1, -0.05) is 36.4 Å². The Balaban J connectivity index is 1.25. The highest BCUT2D eigenvalue weighted by Gasteiger charge is 2.27. The Morgan fingerprint density at radius 2 is 1.78 bits per heavy atom. The zero-order valence-corrected chi connectivity index (χ0v) is 23.4. The van der Waals surface area contributed by atoms with Crippen LogP contribution in [0.2, 0.25) is 0 Å². The van der Waals surface area contributed by atoms with E-state index in [0.717, 1.165) is 12.1 Å². The highest BCUT2D eigenvalue weighted by atomic mass is 19.2. The number of halogens is 2. The molecule has 6 rings (SSSR count). The summed E-state index contributed by atoms with van der Waals surface area (Å²) in [6.07, 6.45) is 6.13. The zero-order chi connectivity index (χ0) is 31.5. The van der Waals surface area contributed by atoms with Crippen molar-refractivity contribution in [2.45, 2.75) is 12.6 Å². The van der Waals surface area contributed by atoms with Crippen LogP contribution in [0.25, 0.3) is 11.6 Å². The smallest absolute Gasteiger partial charge is 0.263 e. The number of fused-ring (bicyclic) bond motifs is 1. The maximum Gasteiger partial charge on any atom is 0.263 e. The number of carbonyl (C=O) groups excluding carboxylic acids is 3. The minimum atomic E-state index is -1.20. The van der Waals surface area contributed by atoms with Crippen LogP contribution in [-0.4, -0.2) is 32.3 Å². The lowest BCUT2D eigenvalue weighted by atomic mass is 10.0. The SMILES string of the molecule is O=C1Nc2ccc(NC(=O)C(NC(=O)c3cccn(Cc4ccc(F)c(F)c4)c3=O)c3ccccc3)cc2/C1=C/c1cnc[nH]1. The zero-order valence-electron chi connectivity index (χ0n) is 23.4. The fourth-order valence-electron chi connectivity index (χ4n) is 4.95. The van der Waals surface area contributed by atoms with Crippen LogP contribution in [0, 0.1) is 11.6 Å². The Hall–Kier alpha value is -6.17. The third kappa shape index (κ3) is 6.15. The van der Waals surface area contributed by atoms with E-state index in [1.54, 1.807) is 60.8 Å². The van der Waals surface area contributed by atoms with Gasteiger partial charge in [-0.3, -0.25) is 19.2 Å². The molecular weight excluding hydrogens is 582 g/mol. The van der Waals surface area contributed by atoms with E-state index in [4.69, 9.17) is 0 Å². The van der Waals surface area contributed by atoms with Crippen molar-refractivity contribution >= 4 is 40.7 Å². The lowest BCUT2D eigenvalue weighted by Crippen LogP contribution is -2.40. The number of carbonyl (C=O) groups is 3. The molecule has 5 aromatic rings. The van der Waals surface area contributed by atoms with Crippen molar-refractivity contribution < 1.29 is 23.2 Å². The van der Waals surface area contributed by atoms with Gasteiger partial charge in [-0.15, -0.1) is 0 Å². The number of nitrogens with one attached hydrogen (secondary N) is 4. The molecule has 3 aromatic carbocycles. The van der Waals surface area contributed by atoms with E-state index in [9.17, 15) is 28.0 Å². The Kier molecular flexibility index (Phi) is 7.85. The largest absolute Gasteiger partial charge is 0.345 e. The lowest BCUT2D eigenvalue weighted by molar-refractivity contribution is -0.118. The summed E-state index contributed by atoms with van der Waals surface area (Å²) in [5, 5.41) is 8.24. The van der Waals surface area contributed by atoms with Crippen LogP contribution in [0.5, 0.6) is 0 Å². The van der Waals surface area contributed by atoms with Crippen molar-refractivity contribution in [1.29, 1.82) is 0 Å². The summed E-state index contributed by atoms with van der Waals surface area (Å²) in [6.45, 7) is -0.105. The monoisotopic (exact) mass is 606 g/mol. The van der Waals surface area contributed by atoms with Gasteiger partial charge in [0, 0.05) is 23.1 Å². The first-order valence-corrected chi connectivity index (χ1v) is 13.7. The molecule has 3 amide bonds. The quantitative estimate of drug-likeness (QED) is 0.193. The average molecular weight is 607 g/mol. The van der Waals surface area contributed by atoms with Crippen molar-refractivity contribution in [2.75, 3.05) is 10.6 Å². The number of hydrogen-bond acceptors (Lipinski definition) is 5. The second kappa shape index (κ2) is 12.2. The van der Waals surface area contributed by atoms with Crippen LogP contribution in [0.3, 0.4) is 0 Å². The van der Waals surface area contributed by atoms with E-state index in [1.165, 1.54) is 35.3 Å². The number of rotatable bonds is 8. The molecule has 1 aliphatic rings. The highest BCUT2D eigenvalue weighted by Crippen LogP contribution is 2.35. The number of hydrogen-bond donors (Lipinski definition) is 4. The molecule has 3 heterocycles. The van der Waals surface area contributed by atoms with Crippen molar-refractivity contribution in [3.63, 3.8) is 0 Å². The number of nitrogens with zero attached hydrogens (tertiary/aromatic N) is 2. The summed E-state index contributed by atoms with van der Waals surface area (Å²) in [6, 6.07) is 18.3. The van der Waals surface area contributed by atoms with Gasteiger partial charge in [0.2, 0.25) is 0 Å². The molecule has 4 N–H and O–H groups in total. The number of amides is 3. The fraction of sp³-hybridized carbons (Fsp3) is 0.0606. The van der Waals surface area contributed by atoms with Gasteiger partial charge in [-0.05, 0) is 59.7 Å². The van der Waals surface area contributed by atoms with Crippen molar-refractivity contribution in [2.24, 2.45) is 0 Å². The third-order valence-electron chi connectivity index (χ3n) is 7.16. The molecule has 0 saturated carbocycles. The Morgan fingerprint density at radius 1 is 0.956 bits per heavy atom. The Labute approximate surface area is 254 Å². The molecule has 0 radical (unpaired) electrons. The van der Waals surface area contributed by atoms with Crippen molar-refractivity contribution in [3.05, 3.63) is 148 Å². The number of aromatic nitrogens is 3. The van der Waals surface area contributed by atoms with Gasteiger partial charge < -0.3 is 25.5 Å². The van der Waals surface area contributed by atoms with Crippen LogP contribution in [0.1, 0.15) is 38.8 Å². The minimum absolute atomic E-state index is 0.105. The van der Waals surface area contributed by atoms with Crippen molar-refractivity contribution in [3.8, 4) is 0 Å². The predicted molar refractivity (Wildman–Crippen MR) is 163 cm³/mol. The first-order chi connectivity index (χ1) is 21.8. The highest BCUT2D eigenvalue weighted by molar-refractivity contribution is 6.35. The van der Waals surface area contributed by atoms with E-state index in [0.29, 0.717) is 39.3 Å². The molecular formula is C33H24F2N6O4. The van der Waals surface area contributed by atoms with Crippen LogP contribution in [0.4, 0.5) is 20.2 Å². The molecule has 224 valence electrons. The number of H-pyrrole nitrogens is 1. The van der Waals surface area contributed by atoms with Gasteiger partial charge in [0.25, 0.3) is 23.3 Å². The Bertz CT molecular complexity index is 2020. The van der Waals surface area contributed by atoms with E-state index >= 15 is 0 Å². The van der Waals surface area contributed by atoms with Crippen LogP contribution in [-0.2, 0) is 16.1 Å². The number of pyridine rings is 1. The van der Waals surface area contributed by atoms with Gasteiger partial charge in [0.15, 0.2) is 11.6 Å². The van der Waals surface area contributed by atoms with E-state index < -0.39 is 35.0 Å². The summed E-state index contributed by atoms with van der Waals surface area (Å²) in [7, 11) is 0. The maximum absolute atomic E-state index is 13.7. The molecule has 10 nitrogen and oxygen atoms in total. The molecule has 45 heavy (non-hydrogen) atoms. The van der Waals surface area contributed by atoms with Crippen LogP contribution in [0.15, 0.2) is 102 Å². The molecule has 0 bridgehead atoms. The maximum atomic E-state index is 13.7. The lowest BCUT2D eigenvalue weighted by Gasteiger charge is -2.19. The number of imidazole rings is 1. The first kappa shape index (κ1) is 28.9. The van der Waals surface area contributed by atoms with Gasteiger partial charge in [0.1, 0.15) is 11.6 Å². The standard InChI is InChI=1S/C33H24F2N6O4/c34-26-10-8-19(13-27(26)35)17-41-12-4-7-23(33(41)45)30(42)40-29(20-5-2-1-3-6-20)32(44)38-21-9-11-28-24(14-21)25(31(43)39-28)15-22-16-36-18-37-22/h1-16,18,29H,17H2,(H,36,37)(H,38,44)(H,39,43)(H,40,42)/b25-15-. The molecule has 1 atom stereocenters. The van der Waals surface area contributed by atoms with E-state index in [2.05, 4.69) is 25.9 Å². The van der Waals surface area contributed by atoms with Crippen LogP contribution >= 0.6 is 0 Å². The van der Waals surface area contributed by atoms with Crippen LogP contribution < -0.4 is 21.5 Å². The van der Waals surface area contributed by atoms with E-state index in [1.807, 2.05) is 0 Å². The van der Waals surface area contributed by atoms with Gasteiger partial charge >= 0.3 is 0 Å². The second-order valence-electron chi connectivity index (χ2n) is 10.2. The summed E-state index contributed by atoms with van der Waals surface area (Å²) in [5.41, 5.74) is 2.36. The molecule has 12 heteroatoms. The number of aromatic amines is 1. The summed E-state index contributed by atoms with van der Waals surface area (Å²) in [4.78, 5) is 59.8. The molecule has 0 fully saturated rings. The predicted octanol–water partition coefficient (Wildman–Crippen LogP) is 4.50. The summed E-state index contributed by atoms with van der Waals surface area (Å²) < 4.78 is 28.3. The molecule has 2 aromatic heterocycles. The number of benzene rings is 3. The Morgan fingerprint density at radius 3 is 2.53 bits per heavy atom. The van der Waals surface area contributed by atoms with Gasteiger partial charge in [0.05, 0.1) is 30.3 Å². The van der Waals surface area contributed by atoms with Gasteiger partial charge in [-0.25, -0.2) is 13.8 Å². The fourth-order valence-corrected chi connectivity index (χ4v) is 4.95. The molecule has 0 spiro atoms. The normalized spacial score (nSPS) is 13.6. The third-order valence-corrected chi connectivity index (χ3v) is 7.16.